The van der Waals surface area contributed by atoms with Gasteiger partial charge in [-0.3, -0.25) is 4.79 Å². The molecule has 0 saturated heterocycles. The molecule has 1 atom stereocenters. The molecule has 1 aromatic carbocycles. The average molecular weight is 270 g/mol. The molecule has 1 rings (SSSR count). The number of benzene rings is 1. The van der Waals surface area contributed by atoms with Gasteiger partial charge < -0.3 is 10.6 Å². The molecule has 18 heavy (non-hydrogen) atoms. The number of thioether (sulfide) groups is 1. The Hall–Kier alpha value is -1.07. The van der Waals surface area contributed by atoms with E-state index in [1.807, 2.05) is 13.2 Å². The molecule has 0 aliphatic heterocycles. The van der Waals surface area contributed by atoms with Crippen molar-refractivity contribution < 1.29 is 9.18 Å². The van der Waals surface area contributed by atoms with Crippen LogP contribution in [0.15, 0.2) is 24.3 Å². The quantitative estimate of drug-likeness (QED) is 0.862. The zero-order valence-electron chi connectivity index (χ0n) is 10.7. The van der Waals surface area contributed by atoms with E-state index in [4.69, 9.17) is 5.73 Å². The minimum Gasteiger partial charge on any atom is -0.320 e. The molecular formula is C13H19FN2OS. The summed E-state index contributed by atoms with van der Waals surface area (Å²) in [5.41, 5.74) is 6.14. The van der Waals surface area contributed by atoms with Gasteiger partial charge in [0.15, 0.2) is 0 Å². The molecule has 2 N–H and O–H groups in total. The van der Waals surface area contributed by atoms with Crippen molar-refractivity contribution in [1.29, 1.82) is 0 Å². The van der Waals surface area contributed by atoms with E-state index in [2.05, 4.69) is 0 Å². The topological polar surface area (TPSA) is 46.3 Å². The number of rotatable bonds is 6. The van der Waals surface area contributed by atoms with Crippen molar-refractivity contribution in [3.8, 4) is 0 Å². The molecular weight excluding hydrogens is 251 g/mol. The summed E-state index contributed by atoms with van der Waals surface area (Å²) in [6.45, 7) is 2.22. The van der Waals surface area contributed by atoms with E-state index in [-0.39, 0.29) is 5.91 Å². The second-order valence-corrected chi connectivity index (χ2v) is 4.91. The monoisotopic (exact) mass is 270 g/mol. The zero-order chi connectivity index (χ0) is 13.5. The van der Waals surface area contributed by atoms with Gasteiger partial charge in [-0.1, -0.05) is 12.1 Å². The molecule has 0 radical (unpaired) electrons. The first-order chi connectivity index (χ1) is 8.61. The normalized spacial score (nSPS) is 12.2. The molecule has 3 nitrogen and oxygen atoms in total. The van der Waals surface area contributed by atoms with Crippen LogP contribution in [0.5, 0.6) is 0 Å². The van der Waals surface area contributed by atoms with Gasteiger partial charge >= 0.3 is 0 Å². The number of hydrogen-bond donors (Lipinski definition) is 1. The smallest absolute Gasteiger partial charge is 0.243 e. The molecule has 0 unspecified atom stereocenters. The highest BCUT2D eigenvalue weighted by Crippen LogP contribution is 2.19. The van der Waals surface area contributed by atoms with Crippen LogP contribution in [-0.2, 0) is 4.79 Å². The van der Waals surface area contributed by atoms with E-state index in [1.54, 1.807) is 30.0 Å². The Bertz CT molecular complexity index is 400. The summed E-state index contributed by atoms with van der Waals surface area (Å²) in [6.07, 6.45) is 2.57. The SMILES string of the molecule is CCN(C(=O)[C@H](N)CCSC)c1ccccc1F. The second kappa shape index (κ2) is 7.38. The second-order valence-electron chi connectivity index (χ2n) is 3.92. The van der Waals surface area contributed by atoms with E-state index >= 15 is 0 Å². The molecule has 0 aliphatic rings. The van der Waals surface area contributed by atoms with Gasteiger partial charge in [0.25, 0.3) is 0 Å². The molecule has 0 fully saturated rings. The highest BCUT2D eigenvalue weighted by molar-refractivity contribution is 7.98. The van der Waals surface area contributed by atoms with Crippen LogP contribution in [0.4, 0.5) is 10.1 Å². The molecule has 0 bridgehead atoms. The Balaban J connectivity index is 2.83. The highest BCUT2D eigenvalue weighted by atomic mass is 32.2. The van der Waals surface area contributed by atoms with Gasteiger partial charge in [0.2, 0.25) is 5.91 Å². The number of hydrogen-bond acceptors (Lipinski definition) is 3. The van der Waals surface area contributed by atoms with Crippen molar-refractivity contribution in [2.75, 3.05) is 23.5 Å². The molecule has 0 saturated carbocycles. The predicted molar refractivity (Wildman–Crippen MR) is 75.4 cm³/mol. The van der Waals surface area contributed by atoms with Gasteiger partial charge in [0.05, 0.1) is 11.7 Å². The van der Waals surface area contributed by atoms with Crippen molar-refractivity contribution in [2.45, 2.75) is 19.4 Å². The van der Waals surface area contributed by atoms with Gasteiger partial charge in [-0.15, -0.1) is 0 Å². The van der Waals surface area contributed by atoms with Crippen LogP contribution >= 0.6 is 11.8 Å². The Kier molecular flexibility index (Phi) is 6.15. The summed E-state index contributed by atoms with van der Waals surface area (Å²) in [4.78, 5) is 13.6. The number of carbonyl (C=O) groups is 1. The molecule has 0 aromatic heterocycles. The Morgan fingerprint density at radius 2 is 2.17 bits per heavy atom. The fourth-order valence-electron chi connectivity index (χ4n) is 1.68. The van der Waals surface area contributed by atoms with Gasteiger partial charge in [0, 0.05) is 6.54 Å². The fraction of sp³-hybridized carbons (Fsp3) is 0.462. The Labute approximate surface area is 112 Å². The third-order valence-electron chi connectivity index (χ3n) is 2.68. The van der Waals surface area contributed by atoms with E-state index in [9.17, 15) is 9.18 Å². The number of likely N-dealkylation sites (N-methyl/N-ethyl adjacent to an activating group) is 1. The maximum atomic E-state index is 13.7. The standard InChI is InChI=1S/C13H19FN2OS/c1-3-16(12-7-5-4-6-10(12)14)13(17)11(15)8-9-18-2/h4-7,11H,3,8-9,15H2,1-2H3/t11-/m1/s1. The lowest BCUT2D eigenvalue weighted by atomic mass is 10.2. The molecule has 0 spiro atoms. The van der Waals surface area contributed by atoms with Crippen LogP contribution in [0.3, 0.4) is 0 Å². The van der Waals surface area contributed by atoms with Crippen LogP contribution < -0.4 is 10.6 Å². The molecule has 0 aliphatic carbocycles. The summed E-state index contributed by atoms with van der Waals surface area (Å²) in [6, 6.07) is 5.68. The molecule has 5 heteroatoms. The first-order valence-electron chi connectivity index (χ1n) is 5.92. The van der Waals surface area contributed by atoms with Gasteiger partial charge in [-0.05, 0) is 37.5 Å². The van der Waals surface area contributed by atoms with E-state index in [1.165, 1.54) is 11.0 Å². The molecule has 100 valence electrons. The van der Waals surface area contributed by atoms with Gasteiger partial charge in [-0.25, -0.2) is 4.39 Å². The van der Waals surface area contributed by atoms with Gasteiger partial charge in [-0.2, -0.15) is 11.8 Å². The third-order valence-corrected chi connectivity index (χ3v) is 3.32. The number of nitrogens with two attached hydrogens (primary N) is 1. The lowest BCUT2D eigenvalue weighted by molar-refractivity contribution is -0.119. The summed E-state index contributed by atoms with van der Waals surface area (Å²) < 4.78 is 13.7. The largest absolute Gasteiger partial charge is 0.320 e. The number of nitrogens with zero attached hydrogens (tertiary/aromatic N) is 1. The van der Waals surface area contributed by atoms with Gasteiger partial charge in [0.1, 0.15) is 5.82 Å². The minimum absolute atomic E-state index is 0.225. The van der Waals surface area contributed by atoms with Crippen molar-refractivity contribution in [2.24, 2.45) is 5.73 Å². The van der Waals surface area contributed by atoms with Crippen LogP contribution in [0.25, 0.3) is 0 Å². The predicted octanol–water partition coefficient (Wildman–Crippen LogP) is 2.26. The van der Waals surface area contributed by atoms with Crippen molar-refractivity contribution in [1.82, 2.24) is 0 Å². The number of carbonyl (C=O) groups excluding carboxylic acids is 1. The van der Waals surface area contributed by atoms with Crippen LogP contribution in [-0.4, -0.2) is 30.5 Å². The van der Waals surface area contributed by atoms with E-state index in [0.717, 1.165) is 5.75 Å². The Morgan fingerprint density at radius 3 is 2.72 bits per heavy atom. The zero-order valence-corrected chi connectivity index (χ0v) is 11.5. The molecule has 0 heterocycles. The van der Waals surface area contributed by atoms with Crippen LogP contribution in [0.2, 0.25) is 0 Å². The lowest BCUT2D eigenvalue weighted by Gasteiger charge is -2.24. The first kappa shape index (κ1) is 15.0. The summed E-state index contributed by atoms with van der Waals surface area (Å²) in [7, 11) is 0. The summed E-state index contributed by atoms with van der Waals surface area (Å²) >= 11 is 1.64. The van der Waals surface area contributed by atoms with E-state index in [0.29, 0.717) is 18.7 Å². The third kappa shape index (κ3) is 3.71. The Morgan fingerprint density at radius 1 is 1.50 bits per heavy atom. The van der Waals surface area contributed by atoms with E-state index < -0.39 is 11.9 Å². The van der Waals surface area contributed by atoms with Crippen LogP contribution in [0, 0.1) is 5.82 Å². The lowest BCUT2D eigenvalue weighted by Crippen LogP contribution is -2.44. The molecule has 1 amide bonds. The minimum atomic E-state index is -0.572. The maximum absolute atomic E-state index is 13.7. The number of halogens is 1. The summed E-state index contributed by atoms with van der Waals surface area (Å²) in [5, 5.41) is 0. The average Bonchev–Trinajstić information content (AvgIpc) is 2.38. The highest BCUT2D eigenvalue weighted by Gasteiger charge is 2.22. The van der Waals surface area contributed by atoms with Crippen molar-refractivity contribution in [3.05, 3.63) is 30.1 Å². The molecule has 1 aromatic rings. The summed E-state index contributed by atoms with van der Waals surface area (Å²) in [5.74, 6) is 0.197. The first-order valence-corrected chi connectivity index (χ1v) is 7.31. The number of amides is 1. The van der Waals surface area contributed by atoms with Crippen LogP contribution in [0.1, 0.15) is 13.3 Å². The number of anilines is 1. The fourth-order valence-corrected chi connectivity index (χ4v) is 2.17. The van der Waals surface area contributed by atoms with Crippen molar-refractivity contribution in [3.63, 3.8) is 0 Å². The van der Waals surface area contributed by atoms with Crippen molar-refractivity contribution >= 4 is 23.4 Å². The number of para-hydroxylation sites is 1. The maximum Gasteiger partial charge on any atom is 0.243 e.